The van der Waals surface area contributed by atoms with Crippen LogP contribution in [0.1, 0.15) is 52.3 Å². The maximum atomic E-state index is 9.53. The van der Waals surface area contributed by atoms with Crippen molar-refractivity contribution in [2.24, 2.45) is 0 Å². The third kappa shape index (κ3) is 5.42. The van der Waals surface area contributed by atoms with E-state index in [1.54, 1.807) is 0 Å². The SMILES string of the molecule is CCNc1cc(NCCC(O)CC)nc(C(C)C)n1. The van der Waals surface area contributed by atoms with Crippen LogP contribution in [-0.2, 0) is 0 Å². The first kappa shape index (κ1) is 15.7. The van der Waals surface area contributed by atoms with Crippen molar-refractivity contribution in [1.82, 2.24) is 9.97 Å². The van der Waals surface area contributed by atoms with Gasteiger partial charge in [-0.25, -0.2) is 9.97 Å². The molecule has 0 fully saturated rings. The Balaban J connectivity index is 2.70. The molecule has 1 heterocycles. The minimum atomic E-state index is -0.243. The Hall–Kier alpha value is -1.36. The lowest BCUT2D eigenvalue weighted by atomic mass is 10.2. The maximum Gasteiger partial charge on any atom is 0.135 e. The van der Waals surface area contributed by atoms with E-state index >= 15 is 0 Å². The van der Waals surface area contributed by atoms with E-state index in [2.05, 4.69) is 34.4 Å². The van der Waals surface area contributed by atoms with Crippen molar-refractivity contribution in [2.45, 2.75) is 52.6 Å². The van der Waals surface area contributed by atoms with Crippen LogP contribution < -0.4 is 10.6 Å². The quantitative estimate of drug-likeness (QED) is 0.674. The number of hydrogen-bond acceptors (Lipinski definition) is 5. The molecule has 1 aromatic heterocycles. The van der Waals surface area contributed by atoms with Crippen LogP contribution in [-0.4, -0.2) is 34.3 Å². The number of rotatable bonds is 8. The largest absolute Gasteiger partial charge is 0.393 e. The van der Waals surface area contributed by atoms with Gasteiger partial charge in [0.05, 0.1) is 6.10 Å². The number of aliphatic hydroxyl groups is 1. The van der Waals surface area contributed by atoms with Gasteiger partial charge in [-0.3, -0.25) is 0 Å². The fourth-order valence-corrected chi connectivity index (χ4v) is 1.66. The van der Waals surface area contributed by atoms with Gasteiger partial charge < -0.3 is 15.7 Å². The highest BCUT2D eigenvalue weighted by Crippen LogP contribution is 2.17. The van der Waals surface area contributed by atoms with Crippen LogP contribution in [0.3, 0.4) is 0 Å². The van der Waals surface area contributed by atoms with E-state index in [0.717, 1.165) is 43.4 Å². The normalized spacial score (nSPS) is 12.5. The summed E-state index contributed by atoms with van der Waals surface area (Å²) in [5.74, 6) is 2.79. The highest BCUT2D eigenvalue weighted by Gasteiger charge is 2.08. The van der Waals surface area contributed by atoms with Gasteiger partial charge in [0, 0.05) is 25.1 Å². The van der Waals surface area contributed by atoms with Crippen molar-refractivity contribution in [3.63, 3.8) is 0 Å². The average molecular weight is 266 g/mol. The number of aliphatic hydroxyl groups excluding tert-OH is 1. The molecule has 1 aromatic rings. The molecule has 5 nitrogen and oxygen atoms in total. The minimum absolute atomic E-state index is 0.243. The summed E-state index contributed by atoms with van der Waals surface area (Å²) >= 11 is 0. The zero-order valence-electron chi connectivity index (χ0n) is 12.4. The highest BCUT2D eigenvalue weighted by molar-refractivity contribution is 5.47. The molecule has 0 radical (unpaired) electrons. The fourth-order valence-electron chi connectivity index (χ4n) is 1.66. The molecule has 0 saturated carbocycles. The molecule has 0 aliphatic heterocycles. The number of anilines is 2. The summed E-state index contributed by atoms with van der Waals surface area (Å²) in [6.45, 7) is 9.74. The Morgan fingerprint density at radius 2 is 1.79 bits per heavy atom. The third-order valence-corrected chi connectivity index (χ3v) is 2.87. The zero-order valence-corrected chi connectivity index (χ0v) is 12.4. The zero-order chi connectivity index (χ0) is 14.3. The molecule has 0 saturated heterocycles. The Labute approximate surface area is 115 Å². The van der Waals surface area contributed by atoms with Gasteiger partial charge in [-0.1, -0.05) is 20.8 Å². The van der Waals surface area contributed by atoms with Gasteiger partial charge in [-0.2, -0.15) is 0 Å². The summed E-state index contributed by atoms with van der Waals surface area (Å²) in [6, 6.07) is 1.91. The highest BCUT2D eigenvalue weighted by atomic mass is 16.3. The maximum absolute atomic E-state index is 9.53. The van der Waals surface area contributed by atoms with Crippen LogP contribution in [0.5, 0.6) is 0 Å². The molecule has 5 heteroatoms. The lowest BCUT2D eigenvalue weighted by Crippen LogP contribution is -2.14. The van der Waals surface area contributed by atoms with Crippen molar-refractivity contribution in [3.8, 4) is 0 Å². The van der Waals surface area contributed by atoms with Crippen molar-refractivity contribution in [2.75, 3.05) is 23.7 Å². The molecular formula is C14H26N4O. The van der Waals surface area contributed by atoms with Crippen molar-refractivity contribution < 1.29 is 5.11 Å². The van der Waals surface area contributed by atoms with Crippen molar-refractivity contribution >= 4 is 11.6 Å². The first-order chi connectivity index (χ1) is 9.06. The van der Waals surface area contributed by atoms with E-state index in [0.29, 0.717) is 5.92 Å². The first-order valence-electron chi connectivity index (χ1n) is 7.11. The summed E-state index contributed by atoms with van der Waals surface area (Å²) < 4.78 is 0. The van der Waals surface area contributed by atoms with Crippen molar-refractivity contribution in [1.29, 1.82) is 0 Å². The van der Waals surface area contributed by atoms with Gasteiger partial charge in [-0.05, 0) is 19.8 Å². The van der Waals surface area contributed by atoms with Gasteiger partial charge in [0.2, 0.25) is 0 Å². The summed E-state index contributed by atoms with van der Waals surface area (Å²) in [7, 11) is 0. The molecular weight excluding hydrogens is 240 g/mol. The van der Waals surface area contributed by atoms with Crippen LogP contribution in [0.4, 0.5) is 11.6 Å². The Morgan fingerprint density at radius 3 is 2.32 bits per heavy atom. The molecule has 0 aliphatic carbocycles. The number of nitrogens with zero attached hydrogens (tertiary/aromatic N) is 2. The summed E-state index contributed by atoms with van der Waals surface area (Å²) in [6.07, 6.45) is 1.27. The fraction of sp³-hybridized carbons (Fsp3) is 0.714. The second-order valence-electron chi connectivity index (χ2n) is 4.96. The summed E-state index contributed by atoms with van der Waals surface area (Å²) in [5.41, 5.74) is 0. The number of nitrogens with one attached hydrogen (secondary N) is 2. The van der Waals surface area contributed by atoms with E-state index in [-0.39, 0.29) is 6.10 Å². The van der Waals surface area contributed by atoms with Crippen LogP contribution in [0, 0.1) is 0 Å². The van der Waals surface area contributed by atoms with Crippen LogP contribution in [0.25, 0.3) is 0 Å². The third-order valence-electron chi connectivity index (χ3n) is 2.87. The predicted octanol–water partition coefficient (Wildman–Crippen LogP) is 2.60. The second kappa shape index (κ2) is 7.94. The molecule has 3 N–H and O–H groups in total. The van der Waals surface area contributed by atoms with Gasteiger partial charge in [0.15, 0.2) is 0 Å². The van der Waals surface area contributed by atoms with E-state index in [9.17, 15) is 5.11 Å². The van der Waals surface area contributed by atoms with Crippen LogP contribution in [0.2, 0.25) is 0 Å². The van der Waals surface area contributed by atoms with E-state index in [1.165, 1.54) is 0 Å². The molecule has 108 valence electrons. The molecule has 0 aliphatic rings. The minimum Gasteiger partial charge on any atom is -0.393 e. The van der Waals surface area contributed by atoms with Gasteiger partial charge in [0.25, 0.3) is 0 Å². The monoisotopic (exact) mass is 266 g/mol. The topological polar surface area (TPSA) is 70.1 Å². The Kier molecular flexibility index (Phi) is 6.56. The average Bonchev–Trinajstić information content (AvgIpc) is 2.38. The standard InChI is InChI=1S/C14H26N4O/c1-5-11(19)7-8-16-13-9-12(15-6-2)17-14(18-13)10(3)4/h9-11,19H,5-8H2,1-4H3,(H2,15,16,17,18). The van der Waals surface area contributed by atoms with Gasteiger partial charge >= 0.3 is 0 Å². The Morgan fingerprint density at radius 1 is 1.16 bits per heavy atom. The molecule has 0 aromatic carbocycles. The molecule has 0 amide bonds. The van der Waals surface area contributed by atoms with Crippen LogP contribution >= 0.6 is 0 Å². The van der Waals surface area contributed by atoms with E-state index in [1.807, 2.05) is 19.9 Å². The molecule has 1 rings (SSSR count). The van der Waals surface area contributed by atoms with Crippen molar-refractivity contribution in [3.05, 3.63) is 11.9 Å². The first-order valence-corrected chi connectivity index (χ1v) is 7.11. The molecule has 1 unspecified atom stereocenters. The number of hydrogen-bond donors (Lipinski definition) is 3. The molecule has 0 spiro atoms. The lowest BCUT2D eigenvalue weighted by molar-refractivity contribution is 0.164. The smallest absolute Gasteiger partial charge is 0.135 e. The molecule has 19 heavy (non-hydrogen) atoms. The van der Waals surface area contributed by atoms with E-state index < -0.39 is 0 Å². The molecule has 1 atom stereocenters. The lowest BCUT2D eigenvalue weighted by Gasteiger charge is -2.13. The summed E-state index contributed by atoms with van der Waals surface area (Å²) in [5, 5.41) is 16.0. The van der Waals surface area contributed by atoms with Crippen LogP contribution in [0.15, 0.2) is 6.07 Å². The van der Waals surface area contributed by atoms with Gasteiger partial charge in [0.1, 0.15) is 17.5 Å². The second-order valence-corrected chi connectivity index (χ2v) is 4.96. The van der Waals surface area contributed by atoms with Gasteiger partial charge in [-0.15, -0.1) is 0 Å². The van der Waals surface area contributed by atoms with E-state index in [4.69, 9.17) is 0 Å². The summed E-state index contributed by atoms with van der Waals surface area (Å²) in [4.78, 5) is 8.96. The Bertz CT molecular complexity index is 382. The molecule has 0 bridgehead atoms. The predicted molar refractivity (Wildman–Crippen MR) is 79.7 cm³/mol. The number of aromatic nitrogens is 2.